The Balaban J connectivity index is 1.55. The maximum absolute atomic E-state index is 12.7. The monoisotopic (exact) mass is 433 g/mol. The third kappa shape index (κ3) is 5.91. The quantitative estimate of drug-likeness (QED) is 0.560. The van der Waals surface area contributed by atoms with Crippen molar-refractivity contribution >= 4 is 21.7 Å². The van der Waals surface area contributed by atoms with Gasteiger partial charge in [-0.05, 0) is 36.6 Å². The van der Waals surface area contributed by atoms with Crippen LogP contribution in [0.5, 0.6) is 0 Å². The Labute approximate surface area is 176 Å². The van der Waals surface area contributed by atoms with Crippen molar-refractivity contribution in [1.82, 2.24) is 14.7 Å². The van der Waals surface area contributed by atoms with Crippen LogP contribution in [0.3, 0.4) is 0 Å². The molecule has 0 radical (unpaired) electrons. The maximum atomic E-state index is 12.7. The largest absolute Gasteiger partial charge is 0.452 e. The fraction of sp³-hybridized carbons (Fsp3) is 0.476. The number of hydrogen-bond donors (Lipinski definition) is 0. The van der Waals surface area contributed by atoms with Gasteiger partial charge in [0.25, 0.3) is 5.91 Å². The van der Waals surface area contributed by atoms with Crippen LogP contribution in [0.2, 0.25) is 0 Å². The molecule has 2 aromatic rings. The molecule has 3 rings (SSSR count). The summed E-state index contributed by atoms with van der Waals surface area (Å²) in [4.78, 5) is 26.6. The molecule has 0 spiro atoms. The van der Waals surface area contributed by atoms with E-state index in [0.29, 0.717) is 25.1 Å². The van der Waals surface area contributed by atoms with Gasteiger partial charge in [-0.1, -0.05) is 25.5 Å². The average Bonchev–Trinajstić information content (AvgIpc) is 3.36. The molecular formula is C21H27N3O5S. The molecule has 1 fully saturated rings. The summed E-state index contributed by atoms with van der Waals surface area (Å²) in [6, 6.07) is 8.45. The molecule has 0 aliphatic carbocycles. The zero-order valence-electron chi connectivity index (χ0n) is 17.1. The first kappa shape index (κ1) is 22.0. The lowest BCUT2D eigenvalue weighted by atomic mass is 10.1. The van der Waals surface area contributed by atoms with Crippen LogP contribution in [0.4, 0.5) is 0 Å². The number of unbranched alkanes of at least 4 members (excludes halogenated alkanes) is 1. The van der Waals surface area contributed by atoms with E-state index in [-0.39, 0.29) is 23.5 Å². The molecule has 0 saturated carbocycles. The first-order chi connectivity index (χ1) is 14.4. The summed E-state index contributed by atoms with van der Waals surface area (Å²) in [5.41, 5.74) is 1.34. The van der Waals surface area contributed by atoms with E-state index in [1.54, 1.807) is 27.9 Å². The van der Waals surface area contributed by atoms with Crippen molar-refractivity contribution in [2.24, 2.45) is 0 Å². The van der Waals surface area contributed by atoms with Crippen LogP contribution in [0, 0.1) is 0 Å². The second-order valence-electron chi connectivity index (χ2n) is 7.47. The molecule has 1 aliphatic rings. The van der Waals surface area contributed by atoms with Gasteiger partial charge in [0.15, 0.2) is 16.4 Å². The lowest BCUT2D eigenvalue weighted by Crippen LogP contribution is -2.43. The second-order valence-corrected chi connectivity index (χ2v) is 9.70. The van der Waals surface area contributed by atoms with Crippen LogP contribution < -0.4 is 0 Å². The first-order valence-corrected chi connectivity index (χ1v) is 11.9. The third-order valence-electron chi connectivity index (χ3n) is 5.14. The van der Waals surface area contributed by atoms with Crippen LogP contribution in [0.25, 0.3) is 0 Å². The molecule has 0 N–H and O–H groups in total. The van der Waals surface area contributed by atoms with Crippen molar-refractivity contribution in [2.75, 3.05) is 24.7 Å². The van der Waals surface area contributed by atoms with Gasteiger partial charge in [-0.3, -0.25) is 9.48 Å². The van der Waals surface area contributed by atoms with Gasteiger partial charge in [-0.2, -0.15) is 5.10 Å². The molecule has 1 unspecified atom stereocenters. The van der Waals surface area contributed by atoms with Gasteiger partial charge < -0.3 is 9.64 Å². The number of benzene rings is 1. The van der Waals surface area contributed by atoms with Gasteiger partial charge in [0.05, 0.1) is 23.6 Å². The summed E-state index contributed by atoms with van der Waals surface area (Å²) in [5.74, 6) is -0.857. The third-order valence-corrected chi connectivity index (χ3v) is 6.89. The average molecular weight is 434 g/mol. The summed E-state index contributed by atoms with van der Waals surface area (Å²) in [7, 11) is -3.10. The zero-order chi connectivity index (χ0) is 21.6. The minimum absolute atomic E-state index is 0.0197. The maximum Gasteiger partial charge on any atom is 0.338 e. The van der Waals surface area contributed by atoms with E-state index in [1.807, 2.05) is 31.3 Å². The second kappa shape index (κ2) is 9.88. The first-order valence-electron chi connectivity index (χ1n) is 10.1. The van der Waals surface area contributed by atoms with Gasteiger partial charge in [0, 0.05) is 25.0 Å². The van der Waals surface area contributed by atoms with Crippen molar-refractivity contribution in [1.29, 1.82) is 0 Å². The number of aromatic nitrogens is 2. The minimum Gasteiger partial charge on any atom is -0.452 e. The van der Waals surface area contributed by atoms with Crippen LogP contribution >= 0.6 is 0 Å². The fourth-order valence-corrected chi connectivity index (χ4v) is 5.21. The molecule has 30 heavy (non-hydrogen) atoms. The van der Waals surface area contributed by atoms with E-state index in [4.69, 9.17) is 4.74 Å². The van der Waals surface area contributed by atoms with E-state index < -0.39 is 22.4 Å². The number of carbonyl (C=O) groups excluding carboxylic acids is 2. The molecule has 1 aromatic carbocycles. The Hall–Kier alpha value is -2.68. The Kier molecular flexibility index (Phi) is 7.25. The van der Waals surface area contributed by atoms with Gasteiger partial charge in [0.1, 0.15) is 0 Å². The van der Waals surface area contributed by atoms with Gasteiger partial charge in [-0.25, -0.2) is 13.2 Å². The molecule has 2 heterocycles. The lowest BCUT2D eigenvalue weighted by molar-refractivity contribution is -0.136. The SMILES string of the molecule is CCCCN(C(=O)COC(=O)c1ccc(Cn2cccn2)cc1)C1CCS(=O)(=O)C1. The highest BCUT2D eigenvalue weighted by Gasteiger charge is 2.34. The van der Waals surface area contributed by atoms with Crippen LogP contribution in [0.1, 0.15) is 42.1 Å². The molecule has 1 atom stereocenters. The highest BCUT2D eigenvalue weighted by Crippen LogP contribution is 2.19. The zero-order valence-corrected chi connectivity index (χ0v) is 17.9. The molecule has 1 amide bonds. The van der Waals surface area contributed by atoms with Gasteiger partial charge >= 0.3 is 5.97 Å². The molecule has 0 bridgehead atoms. The number of amides is 1. The van der Waals surface area contributed by atoms with E-state index in [1.165, 1.54) is 0 Å². The Morgan fingerprint density at radius 2 is 2.03 bits per heavy atom. The number of ether oxygens (including phenoxy) is 1. The van der Waals surface area contributed by atoms with Crippen molar-refractivity contribution in [3.63, 3.8) is 0 Å². The van der Waals surface area contributed by atoms with Crippen LogP contribution in [0.15, 0.2) is 42.7 Å². The minimum atomic E-state index is -3.10. The molecule has 1 saturated heterocycles. The normalized spacial score (nSPS) is 17.6. The Morgan fingerprint density at radius 1 is 1.27 bits per heavy atom. The van der Waals surface area contributed by atoms with Gasteiger partial charge in [0.2, 0.25) is 0 Å². The molecular weight excluding hydrogens is 406 g/mol. The Morgan fingerprint density at radius 3 is 2.63 bits per heavy atom. The summed E-state index contributed by atoms with van der Waals surface area (Å²) in [5, 5.41) is 4.14. The van der Waals surface area contributed by atoms with Crippen molar-refractivity contribution < 1.29 is 22.7 Å². The molecule has 9 heteroatoms. The number of rotatable bonds is 9. The number of carbonyl (C=O) groups is 2. The fourth-order valence-electron chi connectivity index (χ4n) is 3.48. The standard InChI is InChI=1S/C21H27N3O5S/c1-2-3-12-24(19-9-13-30(27,28)16-19)20(25)15-29-21(26)18-7-5-17(6-8-18)14-23-11-4-10-22-23/h4-8,10-11,19H,2-3,9,12-16H2,1H3. The number of sulfone groups is 1. The van der Waals surface area contributed by atoms with Crippen molar-refractivity contribution in [3.05, 3.63) is 53.9 Å². The molecule has 162 valence electrons. The molecule has 8 nitrogen and oxygen atoms in total. The predicted octanol–water partition coefficient (Wildman–Crippen LogP) is 1.90. The molecule has 1 aliphatic heterocycles. The number of hydrogen-bond acceptors (Lipinski definition) is 6. The lowest BCUT2D eigenvalue weighted by Gasteiger charge is -2.28. The van der Waals surface area contributed by atoms with Crippen molar-refractivity contribution in [2.45, 2.75) is 38.8 Å². The smallest absolute Gasteiger partial charge is 0.338 e. The summed E-state index contributed by atoms with van der Waals surface area (Å²) < 4.78 is 30.6. The highest BCUT2D eigenvalue weighted by atomic mass is 32.2. The highest BCUT2D eigenvalue weighted by molar-refractivity contribution is 7.91. The van der Waals surface area contributed by atoms with E-state index >= 15 is 0 Å². The van der Waals surface area contributed by atoms with E-state index in [9.17, 15) is 18.0 Å². The topological polar surface area (TPSA) is 98.6 Å². The summed E-state index contributed by atoms with van der Waals surface area (Å²) in [6.45, 7) is 2.67. The van der Waals surface area contributed by atoms with E-state index in [2.05, 4.69) is 5.10 Å². The number of nitrogens with zero attached hydrogens (tertiary/aromatic N) is 3. The number of esters is 1. The summed E-state index contributed by atoms with van der Waals surface area (Å²) in [6.07, 6.45) is 5.65. The van der Waals surface area contributed by atoms with Gasteiger partial charge in [-0.15, -0.1) is 0 Å². The van der Waals surface area contributed by atoms with E-state index in [0.717, 1.165) is 18.4 Å². The Bertz CT molecular complexity index is 955. The van der Waals surface area contributed by atoms with Crippen LogP contribution in [-0.2, 0) is 25.9 Å². The molecule has 1 aromatic heterocycles. The summed E-state index contributed by atoms with van der Waals surface area (Å²) >= 11 is 0. The van der Waals surface area contributed by atoms with Crippen molar-refractivity contribution in [3.8, 4) is 0 Å². The van der Waals surface area contributed by atoms with Crippen LogP contribution in [-0.4, -0.2) is 65.7 Å². The predicted molar refractivity (Wildman–Crippen MR) is 112 cm³/mol.